The number of carbonyl (C=O) groups excluding carboxylic acids is 2. The summed E-state index contributed by atoms with van der Waals surface area (Å²) in [6, 6.07) is 8.82. The summed E-state index contributed by atoms with van der Waals surface area (Å²) in [5.74, 6) is -3.80. The van der Waals surface area contributed by atoms with E-state index in [2.05, 4.69) is 15.5 Å². The van der Waals surface area contributed by atoms with Gasteiger partial charge < -0.3 is 14.7 Å². The molecule has 8 nitrogen and oxygen atoms in total. The van der Waals surface area contributed by atoms with Crippen molar-refractivity contribution in [2.75, 3.05) is 13.1 Å². The maximum Gasteiger partial charge on any atom is 0.268 e. The molecule has 10 heteroatoms. The van der Waals surface area contributed by atoms with Crippen LogP contribution in [0, 0.1) is 25.2 Å². The zero-order valence-corrected chi connectivity index (χ0v) is 19.0. The van der Waals surface area contributed by atoms with E-state index in [1.807, 2.05) is 19.1 Å². The van der Waals surface area contributed by atoms with E-state index in [1.165, 1.54) is 12.3 Å². The smallest absolute Gasteiger partial charge is 0.268 e. The fourth-order valence-electron chi connectivity index (χ4n) is 4.52. The first-order valence-corrected chi connectivity index (χ1v) is 10.8. The lowest BCUT2D eigenvalue weighted by Crippen LogP contribution is -2.49. The molecular formula is C24H23F2N5O3. The van der Waals surface area contributed by atoms with Gasteiger partial charge in [0.1, 0.15) is 11.3 Å². The van der Waals surface area contributed by atoms with Gasteiger partial charge in [-0.15, -0.1) is 0 Å². The van der Waals surface area contributed by atoms with Crippen molar-refractivity contribution in [1.82, 2.24) is 20.4 Å². The number of amides is 2. The largest absolute Gasteiger partial charge is 0.361 e. The van der Waals surface area contributed by atoms with Crippen LogP contribution in [0.5, 0.6) is 0 Å². The van der Waals surface area contributed by atoms with Gasteiger partial charge in [0.05, 0.1) is 35.9 Å². The minimum absolute atomic E-state index is 0.0677. The van der Waals surface area contributed by atoms with Crippen LogP contribution >= 0.6 is 0 Å². The number of fused-ring (bicyclic) bond motifs is 1. The molecule has 0 aliphatic carbocycles. The van der Waals surface area contributed by atoms with E-state index >= 15 is 0 Å². The van der Waals surface area contributed by atoms with Crippen LogP contribution in [0.4, 0.5) is 8.78 Å². The van der Waals surface area contributed by atoms with E-state index < -0.39 is 42.8 Å². The van der Waals surface area contributed by atoms with Gasteiger partial charge in [0, 0.05) is 23.6 Å². The molecule has 1 aliphatic heterocycles. The highest BCUT2D eigenvalue weighted by atomic mass is 19.3. The molecule has 176 valence electrons. The highest BCUT2D eigenvalue weighted by Gasteiger charge is 2.56. The standard InChI is InChI=1S/C24H23F2N5O3/c1-4-23(12-27)11-24(25,26)13-31(23)20(32)10-29-22(33)17-7-8-28-19-6-5-16(9-18(17)19)21-14(2)30-34-15(21)3/h5-9H,4,10-11,13H2,1-3H3,(H,29,33). The number of rotatable bonds is 5. The average molecular weight is 467 g/mol. The average Bonchev–Trinajstić information content (AvgIpc) is 3.31. The van der Waals surface area contributed by atoms with Crippen LogP contribution in [-0.2, 0) is 4.79 Å². The van der Waals surface area contributed by atoms with Crippen molar-refractivity contribution >= 4 is 22.7 Å². The maximum absolute atomic E-state index is 14.0. The van der Waals surface area contributed by atoms with E-state index in [4.69, 9.17) is 4.52 Å². The Hall–Kier alpha value is -3.87. The Morgan fingerprint density at radius 3 is 2.71 bits per heavy atom. The molecular weight excluding hydrogens is 444 g/mol. The summed E-state index contributed by atoms with van der Waals surface area (Å²) in [4.78, 5) is 30.9. The van der Waals surface area contributed by atoms with Crippen molar-refractivity contribution in [3.05, 3.63) is 47.5 Å². The number of aryl methyl sites for hydroxylation is 2. The first-order valence-electron chi connectivity index (χ1n) is 10.8. The minimum atomic E-state index is -3.15. The molecule has 1 unspecified atom stereocenters. The van der Waals surface area contributed by atoms with E-state index in [0.717, 1.165) is 16.0 Å². The van der Waals surface area contributed by atoms with E-state index in [1.54, 1.807) is 26.0 Å². The van der Waals surface area contributed by atoms with Gasteiger partial charge in [0.25, 0.3) is 11.8 Å². The molecule has 1 aromatic carbocycles. The lowest BCUT2D eigenvalue weighted by molar-refractivity contribution is -0.133. The number of halogens is 2. The first-order chi connectivity index (χ1) is 16.1. The summed E-state index contributed by atoms with van der Waals surface area (Å²) < 4.78 is 33.3. The maximum atomic E-state index is 14.0. The number of carbonyl (C=O) groups is 2. The van der Waals surface area contributed by atoms with Crippen LogP contribution in [0.2, 0.25) is 0 Å². The van der Waals surface area contributed by atoms with E-state index in [0.29, 0.717) is 22.4 Å². The van der Waals surface area contributed by atoms with Gasteiger partial charge in [-0.3, -0.25) is 14.6 Å². The molecule has 1 saturated heterocycles. The second kappa shape index (κ2) is 8.48. The van der Waals surface area contributed by atoms with Crippen molar-refractivity contribution in [3.8, 4) is 17.2 Å². The third kappa shape index (κ3) is 3.98. The molecule has 34 heavy (non-hydrogen) atoms. The topological polar surface area (TPSA) is 112 Å². The molecule has 2 amide bonds. The number of benzene rings is 1. The molecule has 0 saturated carbocycles. The molecule has 1 fully saturated rings. The Labute approximate surface area is 194 Å². The molecule has 0 bridgehead atoms. The lowest BCUT2D eigenvalue weighted by atomic mass is 9.94. The number of hydrogen-bond donors (Lipinski definition) is 1. The summed E-state index contributed by atoms with van der Waals surface area (Å²) in [5, 5.41) is 16.5. The summed E-state index contributed by atoms with van der Waals surface area (Å²) in [6.07, 6.45) is 0.831. The minimum Gasteiger partial charge on any atom is -0.361 e. The number of likely N-dealkylation sites (tertiary alicyclic amines) is 1. The van der Waals surface area contributed by atoms with E-state index in [-0.39, 0.29) is 12.0 Å². The van der Waals surface area contributed by atoms with Crippen LogP contribution in [-0.4, -0.2) is 51.4 Å². The van der Waals surface area contributed by atoms with Crippen LogP contribution in [0.15, 0.2) is 35.0 Å². The van der Waals surface area contributed by atoms with Gasteiger partial charge in [-0.1, -0.05) is 18.1 Å². The fraction of sp³-hybridized carbons (Fsp3) is 0.375. The number of nitrogens with one attached hydrogen (secondary N) is 1. The molecule has 2 aromatic heterocycles. The highest BCUT2D eigenvalue weighted by Crippen LogP contribution is 2.41. The quantitative estimate of drug-likeness (QED) is 0.611. The van der Waals surface area contributed by atoms with E-state index in [9.17, 15) is 23.6 Å². The summed E-state index contributed by atoms with van der Waals surface area (Å²) >= 11 is 0. The normalized spacial score (nSPS) is 19.2. The Morgan fingerprint density at radius 2 is 2.06 bits per heavy atom. The number of hydrogen-bond acceptors (Lipinski definition) is 6. The molecule has 3 aromatic rings. The van der Waals surface area contributed by atoms with Crippen molar-refractivity contribution in [1.29, 1.82) is 5.26 Å². The zero-order chi connectivity index (χ0) is 24.7. The van der Waals surface area contributed by atoms with Crippen LogP contribution in [0.25, 0.3) is 22.0 Å². The molecule has 0 radical (unpaired) electrons. The van der Waals surface area contributed by atoms with Crippen molar-refractivity contribution < 1.29 is 22.9 Å². The number of alkyl halides is 2. The fourth-order valence-corrected chi connectivity index (χ4v) is 4.52. The van der Waals surface area contributed by atoms with Crippen molar-refractivity contribution in [2.24, 2.45) is 0 Å². The van der Waals surface area contributed by atoms with Gasteiger partial charge in [-0.25, -0.2) is 8.78 Å². The Kier molecular flexibility index (Phi) is 5.81. The van der Waals surface area contributed by atoms with Gasteiger partial charge in [-0.05, 0) is 44.0 Å². The number of nitriles is 1. The SMILES string of the molecule is CCC1(C#N)CC(F)(F)CN1C(=O)CNC(=O)c1ccnc2ccc(-c3c(C)noc3C)cc12. The predicted octanol–water partition coefficient (Wildman–Crippen LogP) is 3.78. The van der Waals surface area contributed by atoms with Gasteiger partial charge in [0.15, 0.2) is 0 Å². The third-order valence-corrected chi connectivity index (χ3v) is 6.26. The van der Waals surface area contributed by atoms with Crippen LogP contribution < -0.4 is 5.32 Å². The summed E-state index contributed by atoms with van der Waals surface area (Å²) in [6.45, 7) is 3.84. The summed E-state index contributed by atoms with van der Waals surface area (Å²) in [5.41, 5.74) is 1.58. The third-order valence-electron chi connectivity index (χ3n) is 6.26. The number of pyridine rings is 1. The van der Waals surface area contributed by atoms with Crippen LogP contribution in [0.3, 0.4) is 0 Å². The second-order valence-corrected chi connectivity index (χ2v) is 8.48. The predicted molar refractivity (Wildman–Crippen MR) is 119 cm³/mol. The molecule has 1 atom stereocenters. The molecule has 1 N–H and O–H groups in total. The Bertz CT molecular complexity index is 1310. The molecule has 1 aliphatic rings. The Morgan fingerprint density at radius 1 is 1.29 bits per heavy atom. The monoisotopic (exact) mass is 467 g/mol. The second-order valence-electron chi connectivity index (χ2n) is 8.48. The molecule has 0 spiro atoms. The van der Waals surface area contributed by atoms with Gasteiger partial charge in [0.2, 0.25) is 5.91 Å². The molecule has 4 rings (SSSR count). The number of nitrogens with zero attached hydrogens (tertiary/aromatic N) is 4. The van der Waals surface area contributed by atoms with Crippen molar-refractivity contribution in [2.45, 2.75) is 45.1 Å². The zero-order valence-electron chi connectivity index (χ0n) is 19.0. The Balaban J connectivity index is 1.58. The first kappa shape index (κ1) is 23.3. The lowest BCUT2D eigenvalue weighted by Gasteiger charge is -2.30. The molecule has 3 heterocycles. The summed E-state index contributed by atoms with van der Waals surface area (Å²) in [7, 11) is 0. The van der Waals surface area contributed by atoms with Gasteiger partial charge in [-0.2, -0.15) is 5.26 Å². The van der Waals surface area contributed by atoms with Crippen molar-refractivity contribution in [3.63, 3.8) is 0 Å². The highest BCUT2D eigenvalue weighted by molar-refractivity contribution is 6.07. The number of aromatic nitrogens is 2. The van der Waals surface area contributed by atoms with Gasteiger partial charge >= 0.3 is 0 Å². The van der Waals surface area contributed by atoms with Crippen LogP contribution in [0.1, 0.15) is 41.6 Å².